The number of allylic oxidation sites excluding steroid dienone is 2. The predicted octanol–water partition coefficient (Wildman–Crippen LogP) is 6.86. The molecule has 6 nitrogen and oxygen atoms in total. The van der Waals surface area contributed by atoms with Crippen molar-refractivity contribution >= 4 is 5.97 Å². The molecule has 0 aromatic rings. The summed E-state index contributed by atoms with van der Waals surface area (Å²) in [4.78, 5) is 11.6. The standard InChI is InChI=1S/C31H56O6/c1-4-5-6-13-16-20-31(35-22-23-36-31)21-19-27-26(28(32)24-29(27)33)17-14-11-9-7-8-10-12-15-18-30(34)37-25(2)3/h11,14,25-29,32-33H,4-10,12-13,15-24H2,1-3H3/t26?,27-,28?,29?/m1/s1. The monoisotopic (exact) mass is 524 g/mol. The van der Waals surface area contributed by atoms with Crippen LogP contribution in [0.25, 0.3) is 0 Å². The maximum absolute atomic E-state index is 11.6. The number of rotatable bonds is 20. The molecule has 1 saturated heterocycles. The molecule has 37 heavy (non-hydrogen) atoms. The van der Waals surface area contributed by atoms with Crippen molar-refractivity contribution < 1.29 is 29.2 Å². The lowest BCUT2D eigenvalue weighted by Gasteiger charge is -2.31. The zero-order valence-electron chi connectivity index (χ0n) is 24.0. The van der Waals surface area contributed by atoms with Crippen molar-refractivity contribution in [1.82, 2.24) is 0 Å². The molecule has 1 saturated carbocycles. The highest BCUT2D eigenvalue weighted by atomic mass is 16.7. The molecule has 0 aromatic carbocycles. The fourth-order valence-electron chi connectivity index (χ4n) is 5.96. The Morgan fingerprint density at radius 2 is 1.54 bits per heavy atom. The molecule has 3 unspecified atom stereocenters. The van der Waals surface area contributed by atoms with Crippen molar-refractivity contribution in [3.63, 3.8) is 0 Å². The Hall–Kier alpha value is -0.950. The molecule has 216 valence electrons. The molecule has 0 bridgehead atoms. The van der Waals surface area contributed by atoms with Crippen molar-refractivity contribution in [2.24, 2.45) is 11.8 Å². The average molecular weight is 525 g/mol. The van der Waals surface area contributed by atoms with Crippen LogP contribution >= 0.6 is 0 Å². The van der Waals surface area contributed by atoms with Crippen molar-refractivity contribution in [2.75, 3.05) is 13.2 Å². The second kappa shape index (κ2) is 18.4. The Kier molecular flexibility index (Phi) is 16.0. The highest BCUT2D eigenvalue weighted by Crippen LogP contribution is 2.41. The molecule has 2 N–H and O–H groups in total. The molecule has 1 heterocycles. The zero-order chi connectivity index (χ0) is 26.9. The molecule has 0 radical (unpaired) electrons. The second-order valence-electron chi connectivity index (χ2n) is 11.6. The average Bonchev–Trinajstić information content (AvgIpc) is 3.42. The SMILES string of the molecule is CCCCCCCC1(CC[C@H]2C(O)CC(O)C2CC=CCCCCCCCC(=O)OC(C)C)OCCO1. The molecular weight excluding hydrogens is 468 g/mol. The minimum Gasteiger partial charge on any atom is -0.463 e. The Bertz CT molecular complexity index is 627. The first-order chi connectivity index (χ1) is 17.9. The van der Waals surface area contributed by atoms with Gasteiger partial charge in [-0.3, -0.25) is 4.79 Å². The van der Waals surface area contributed by atoms with E-state index in [1.165, 1.54) is 25.7 Å². The lowest BCUT2D eigenvalue weighted by Crippen LogP contribution is -2.33. The molecule has 0 aromatic heterocycles. The molecule has 6 heteroatoms. The van der Waals surface area contributed by atoms with Gasteiger partial charge in [0, 0.05) is 19.3 Å². The quantitative estimate of drug-likeness (QED) is 0.103. The van der Waals surface area contributed by atoms with Crippen LogP contribution in [0, 0.1) is 11.8 Å². The van der Waals surface area contributed by atoms with Gasteiger partial charge in [-0.1, -0.05) is 64.0 Å². The lowest BCUT2D eigenvalue weighted by molar-refractivity contribution is -0.171. The molecule has 1 aliphatic heterocycles. The number of aliphatic hydroxyl groups excluding tert-OH is 2. The van der Waals surface area contributed by atoms with Crippen molar-refractivity contribution in [2.45, 2.75) is 154 Å². The molecule has 4 atom stereocenters. The van der Waals surface area contributed by atoms with Crippen molar-refractivity contribution in [3.05, 3.63) is 12.2 Å². The maximum atomic E-state index is 11.6. The van der Waals surface area contributed by atoms with Crippen molar-refractivity contribution in [1.29, 1.82) is 0 Å². The first-order valence-corrected chi connectivity index (χ1v) is 15.4. The molecule has 2 fully saturated rings. The first kappa shape index (κ1) is 32.3. The Balaban J connectivity index is 1.65. The van der Waals surface area contributed by atoms with E-state index in [0.717, 1.165) is 70.6 Å². The normalized spacial score (nSPS) is 25.5. The third-order valence-electron chi connectivity index (χ3n) is 8.05. The highest BCUT2D eigenvalue weighted by molar-refractivity contribution is 5.69. The van der Waals surface area contributed by atoms with E-state index < -0.39 is 18.0 Å². The van der Waals surface area contributed by atoms with Gasteiger partial charge in [-0.25, -0.2) is 0 Å². The molecule has 0 spiro atoms. The van der Waals surface area contributed by atoms with E-state index in [4.69, 9.17) is 14.2 Å². The van der Waals surface area contributed by atoms with E-state index in [2.05, 4.69) is 19.1 Å². The molecular formula is C31H56O6. The number of carbonyl (C=O) groups is 1. The summed E-state index contributed by atoms with van der Waals surface area (Å²) in [5.74, 6) is -0.391. The van der Waals surface area contributed by atoms with Gasteiger partial charge in [0.05, 0.1) is 31.5 Å². The minimum absolute atomic E-state index is 0.0275. The topological polar surface area (TPSA) is 85.2 Å². The third kappa shape index (κ3) is 12.6. The van der Waals surface area contributed by atoms with Gasteiger partial charge in [0.1, 0.15) is 0 Å². The van der Waals surface area contributed by atoms with Crippen LogP contribution in [0.1, 0.15) is 130 Å². The largest absolute Gasteiger partial charge is 0.463 e. The van der Waals surface area contributed by atoms with E-state index in [1.807, 2.05) is 13.8 Å². The van der Waals surface area contributed by atoms with Crippen LogP contribution in [0.2, 0.25) is 0 Å². The zero-order valence-corrected chi connectivity index (χ0v) is 24.0. The Morgan fingerprint density at radius 1 is 0.892 bits per heavy atom. The number of hydrogen-bond acceptors (Lipinski definition) is 6. The summed E-state index contributed by atoms with van der Waals surface area (Å²) in [5, 5.41) is 21.3. The highest BCUT2D eigenvalue weighted by Gasteiger charge is 2.43. The number of ether oxygens (including phenoxy) is 3. The lowest BCUT2D eigenvalue weighted by atomic mass is 9.85. The van der Waals surface area contributed by atoms with Crippen LogP contribution < -0.4 is 0 Å². The first-order valence-electron chi connectivity index (χ1n) is 15.4. The van der Waals surface area contributed by atoms with Crippen LogP contribution in [0.5, 0.6) is 0 Å². The Morgan fingerprint density at radius 3 is 2.27 bits per heavy atom. The van der Waals surface area contributed by atoms with Gasteiger partial charge in [-0.05, 0) is 70.6 Å². The predicted molar refractivity (Wildman–Crippen MR) is 148 cm³/mol. The molecule has 2 rings (SSSR count). The minimum atomic E-state index is -0.491. The van der Waals surface area contributed by atoms with E-state index in [0.29, 0.717) is 26.1 Å². The summed E-state index contributed by atoms with van der Waals surface area (Å²) in [6.07, 6.45) is 20.5. The van der Waals surface area contributed by atoms with Crippen LogP contribution in [0.3, 0.4) is 0 Å². The maximum Gasteiger partial charge on any atom is 0.306 e. The van der Waals surface area contributed by atoms with Gasteiger partial charge in [0.15, 0.2) is 5.79 Å². The number of unbranched alkanes of at least 4 members (excludes halogenated alkanes) is 9. The van der Waals surface area contributed by atoms with E-state index in [9.17, 15) is 15.0 Å². The fourth-order valence-corrected chi connectivity index (χ4v) is 5.96. The van der Waals surface area contributed by atoms with Gasteiger partial charge in [-0.2, -0.15) is 0 Å². The van der Waals surface area contributed by atoms with Gasteiger partial charge in [0.25, 0.3) is 0 Å². The third-order valence-corrected chi connectivity index (χ3v) is 8.05. The Labute approximate surface area is 226 Å². The summed E-state index contributed by atoms with van der Waals surface area (Å²) < 4.78 is 17.3. The van der Waals surface area contributed by atoms with Gasteiger partial charge >= 0.3 is 5.97 Å². The van der Waals surface area contributed by atoms with Crippen molar-refractivity contribution in [3.8, 4) is 0 Å². The van der Waals surface area contributed by atoms with Gasteiger partial charge in [-0.15, -0.1) is 0 Å². The van der Waals surface area contributed by atoms with Crippen LogP contribution in [0.15, 0.2) is 12.2 Å². The van der Waals surface area contributed by atoms with Gasteiger partial charge in [0.2, 0.25) is 0 Å². The van der Waals surface area contributed by atoms with E-state index >= 15 is 0 Å². The van der Waals surface area contributed by atoms with E-state index in [1.54, 1.807) is 0 Å². The summed E-state index contributed by atoms with van der Waals surface area (Å²) in [7, 11) is 0. The number of esters is 1. The molecule has 2 aliphatic rings. The summed E-state index contributed by atoms with van der Waals surface area (Å²) >= 11 is 0. The fraction of sp³-hybridized carbons (Fsp3) is 0.903. The molecule has 0 amide bonds. The van der Waals surface area contributed by atoms with Crippen LogP contribution in [-0.4, -0.2) is 53.5 Å². The van der Waals surface area contributed by atoms with Gasteiger partial charge < -0.3 is 24.4 Å². The summed E-state index contributed by atoms with van der Waals surface area (Å²) in [5.41, 5.74) is 0. The number of carbonyl (C=O) groups excluding carboxylic acids is 1. The second-order valence-corrected chi connectivity index (χ2v) is 11.6. The number of hydrogen-bond donors (Lipinski definition) is 2. The van der Waals surface area contributed by atoms with E-state index in [-0.39, 0.29) is 23.9 Å². The summed E-state index contributed by atoms with van der Waals surface area (Å²) in [6, 6.07) is 0. The molecule has 1 aliphatic carbocycles. The number of aliphatic hydroxyl groups is 2. The van der Waals surface area contributed by atoms with Crippen LogP contribution in [-0.2, 0) is 19.0 Å². The smallest absolute Gasteiger partial charge is 0.306 e. The van der Waals surface area contributed by atoms with Crippen LogP contribution in [0.4, 0.5) is 0 Å². The summed E-state index contributed by atoms with van der Waals surface area (Å²) in [6.45, 7) is 7.31.